The number of ketones is 1. The molecule has 0 amide bonds. The second-order valence-corrected chi connectivity index (χ2v) is 5.25. The summed E-state index contributed by atoms with van der Waals surface area (Å²) in [4.78, 5) is 22.8. The number of nitrogens with zero attached hydrogens (tertiary/aromatic N) is 2. The van der Waals surface area contributed by atoms with Gasteiger partial charge in [0.2, 0.25) is 5.78 Å². The van der Waals surface area contributed by atoms with Crippen LogP contribution in [0.2, 0.25) is 0 Å². The van der Waals surface area contributed by atoms with Gasteiger partial charge in [-0.2, -0.15) is 13.2 Å². The predicted molar refractivity (Wildman–Crippen MR) is 83.5 cm³/mol. The van der Waals surface area contributed by atoms with Gasteiger partial charge in [0, 0.05) is 11.6 Å². The Morgan fingerprint density at radius 2 is 1.77 bits per heavy atom. The van der Waals surface area contributed by atoms with Crippen molar-refractivity contribution >= 4 is 11.5 Å². The third kappa shape index (κ3) is 3.18. The third-order valence-corrected chi connectivity index (χ3v) is 3.62. The van der Waals surface area contributed by atoms with Crippen molar-refractivity contribution in [3.63, 3.8) is 0 Å². The van der Waals surface area contributed by atoms with E-state index in [1.54, 1.807) is 30.3 Å². The highest BCUT2D eigenvalue weighted by Gasteiger charge is 2.34. The van der Waals surface area contributed by atoms with Crippen LogP contribution in [0.1, 0.15) is 21.5 Å². The lowest BCUT2D eigenvalue weighted by molar-refractivity contribution is -0.385. The summed E-state index contributed by atoms with van der Waals surface area (Å²) >= 11 is 0. The van der Waals surface area contributed by atoms with Crippen molar-refractivity contribution in [1.29, 1.82) is 0 Å². The number of hydrogen-bond donors (Lipinski definition) is 0. The SMILES string of the molecule is O=C(c1ccc(C(F)(F)F)cc1[N+](=O)[O-])c1cnoc1-c1ccccc1. The summed E-state index contributed by atoms with van der Waals surface area (Å²) in [6, 6.07) is 10.1. The molecule has 0 aliphatic rings. The Balaban J connectivity index is 2.10. The predicted octanol–water partition coefficient (Wildman–Crippen LogP) is 4.50. The molecule has 0 N–H and O–H groups in total. The second-order valence-electron chi connectivity index (χ2n) is 5.25. The van der Waals surface area contributed by atoms with Crippen LogP contribution in [-0.4, -0.2) is 15.9 Å². The minimum atomic E-state index is -4.77. The zero-order valence-electron chi connectivity index (χ0n) is 12.9. The van der Waals surface area contributed by atoms with Gasteiger partial charge < -0.3 is 4.52 Å². The maximum atomic E-state index is 12.8. The molecule has 0 bridgehead atoms. The molecule has 1 aromatic heterocycles. The van der Waals surface area contributed by atoms with Crippen molar-refractivity contribution in [1.82, 2.24) is 5.16 Å². The first-order valence-corrected chi connectivity index (χ1v) is 7.19. The Morgan fingerprint density at radius 1 is 1.08 bits per heavy atom. The molecular formula is C17H9F3N2O4. The summed E-state index contributed by atoms with van der Waals surface area (Å²) in [5.41, 5.74) is -2.22. The first-order chi connectivity index (χ1) is 12.3. The van der Waals surface area contributed by atoms with Crippen molar-refractivity contribution in [3.05, 3.63) is 81.5 Å². The Hall–Kier alpha value is -3.49. The minimum Gasteiger partial charge on any atom is -0.356 e. The number of nitro groups is 1. The van der Waals surface area contributed by atoms with Crippen LogP contribution in [0.4, 0.5) is 18.9 Å². The fourth-order valence-corrected chi connectivity index (χ4v) is 2.40. The molecule has 0 radical (unpaired) electrons. The van der Waals surface area contributed by atoms with E-state index in [0.29, 0.717) is 17.7 Å². The number of hydrogen-bond acceptors (Lipinski definition) is 5. The van der Waals surface area contributed by atoms with E-state index in [-0.39, 0.29) is 11.3 Å². The highest BCUT2D eigenvalue weighted by atomic mass is 19.4. The average molecular weight is 362 g/mol. The van der Waals surface area contributed by atoms with Crippen LogP contribution >= 0.6 is 0 Å². The summed E-state index contributed by atoms with van der Waals surface area (Å²) in [7, 11) is 0. The van der Waals surface area contributed by atoms with Crippen molar-refractivity contribution in [2.75, 3.05) is 0 Å². The van der Waals surface area contributed by atoms with Gasteiger partial charge in [-0.3, -0.25) is 14.9 Å². The molecule has 0 saturated heterocycles. The molecule has 0 saturated carbocycles. The Labute approximate surface area is 144 Å². The van der Waals surface area contributed by atoms with E-state index in [2.05, 4.69) is 5.16 Å². The fraction of sp³-hybridized carbons (Fsp3) is 0.0588. The standard InChI is InChI=1S/C17H9F3N2O4/c18-17(19,20)11-6-7-12(14(8-11)22(24)25)15(23)13-9-21-26-16(13)10-4-2-1-3-5-10/h1-9H. The molecule has 0 spiro atoms. The summed E-state index contributed by atoms with van der Waals surface area (Å²) in [5, 5.41) is 14.7. The molecule has 3 rings (SSSR count). The van der Waals surface area contributed by atoms with E-state index >= 15 is 0 Å². The molecule has 0 fully saturated rings. The summed E-state index contributed by atoms with van der Waals surface area (Å²) in [6.07, 6.45) is -3.69. The highest BCUT2D eigenvalue weighted by Crippen LogP contribution is 2.34. The van der Waals surface area contributed by atoms with Gasteiger partial charge in [-0.25, -0.2) is 0 Å². The first kappa shape index (κ1) is 17.3. The Kier molecular flexibility index (Phi) is 4.29. The molecule has 1 heterocycles. The lowest BCUT2D eigenvalue weighted by Crippen LogP contribution is -2.10. The van der Waals surface area contributed by atoms with Crippen molar-refractivity contribution in [2.24, 2.45) is 0 Å². The molecule has 0 unspecified atom stereocenters. The van der Waals surface area contributed by atoms with Gasteiger partial charge in [-0.05, 0) is 12.1 Å². The largest absolute Gasteiger partial charge is 0.416 e. The second kappa shape index (κ2) is 6.43. The molecule has 0 aliphatic heterocycles. The number of aromatic nitrogens is 1. The van der Waals surface area contributed by atoms with Crippen molar-refractivity contribution in [2.45, 2.75) is 6.18 Å². The van der Waals surface area contributed by atoms with Gasteiger partial charge in [-0.1, -0.05) is 35.5 Å². The van der Waals surface area contributed by atoms with Crippen LogP contribution in [0, 0.1) is 10.1 Å². The number of alkyl halides is 3. The smallest absolute Gasteiger partial charge is 0.356 e. The van der Waals surface area contributed by atoms with Gasteiger partial charge in [0.15, 0.2) is 5.76 Å². The Bertz CT molecular complexity index is 981. The zero-order valence-corrected chi connectivity index (χ0v) is 12.9. The maximum absolute atomic E-state index is 12.8. The number of benzene rings is 2. The number of halogens is 3. The quantitative estimate of drug-likeness (QED) is 0.387. The van der Waals surface area contributed by atoms with E-state index in [1.165, 1.54) is 0 Å². The lowest BCUT2D eigenvalue weighted by Gasteiger charge is -2.08. The summed E-state index contributed by atoms with van der Waals surface area (Å²) < 4.78 is 43.4. The molecule has 6 nitrogen and oxygen atoms in total. The van der Waals surface area contributed by atoms with Crippen LogP contribution in [0.15, 0.2) is 59.3 Å². The van der Waals surface area contributed by atoms with Crippen LogP contribution in [-0.2, 0) is 6.18 Å². The zero-order chi connectivity index (χ0) is 18.9. The van der Waals surface area contributed by atoms with Gasteiger partial charge in [0.1, 0.15) is 5.56 Å². The number of nitro benzene ring substituents is 1. The summed E-state index contributed by atoms with van der Waals surface area (Å²) in [6.45, 7) is 0. The van der Waals surface area contributed by atoms with Gasteiger partial charge in [-0.15, -0.1) is 0 Å². The van der Waals surface area contributed by atoms with E-state index in [1.807, 2.05) is 0 Å². The van der Waals surface area contributed by atoms with Crippen LogP contribution in [0.25, 0.3) is 11.3 Å². The van der Waals surface area contributed by atoms with Crippen molar-refractivity contribution < 1.29 is 27.4 Å². The third-order valence-electron chi connectivity index (χ3n) is 3.62. The highest BCUT2D eigenvalue weighted by molar-refractivity contribution is 6.14. The molecule has 132 valence electrons. The van der Waals surface area contributed by atoms with Gasteiger partial charge in [0.25, 0.3) is 5.69 Å². The molecule has 0 atom stereocenters. The molecule has 2 aromatic carbocycles. The summed E-state index contributed by atoms with van der Waals surface area (Å²) in [5.74, 6) is -0.782. The molecule has 3 aromatic rings. The average Bonchev–Trinajstić information content (AvgIpc) is 3.10. The molecule has 0 aliphatic carbocycles. The van der Waals surface area contributed by atoms with Crippen molar-refractivity contribution in [3.8, 4) is 11.3 Å². The molecule has 9 heteroatoms. The monoisotopic (exact) mass is 362 g/mol. The van der Waals surface area contributed by atoms with E-state index in [0.717, 1.165) is 12.3 Å². The number of carbonyl (C=O) groups is 1. The van der Waals surface area contributed by atoms with Crippen LogP contribution in [0.3, 0.4) is 0 Å². The van der Waals surface area contributed by atoms with Crippen LogP contribution in [0.5, 0.6) is 0 Å². The molecular weight excluding hydrogens is 353 g/mol. The van der Waals surface area contributed by atoms with E-state index < -0.39 is 33.7 Å². The maximum Gasteiger partial charge on any atom is 0.416 e. The lowest BCUT2D eigenvalue weighted by atomic mass is 9.98. The Morgan fingerprint density at radius 3 is 2.38 bits per heavy atom. The topological polar surface area (TPSA) is 86.2 Å². The minimum absolute atomic E-state index is 0.0739. The number of rotatable bonds is 4. The van der Waals surface area contributed by atoms with Gasteiger partial charge >= 0.3 is 6.18 Å². The first-order valence-electron chi connectivity index (χ1n) is 7.19. The van der Waals surface area contributed by atoms with Gasteiger partial charge in [0.05, 0.1) is 22.2 Å². The van der Waals surface area contributed by atoms with E-state index in [4.69, 9.17) is 4.52 Å². The normalized spacial score (nSPS) is 11.3. The fourth-order valence-electron chi connectivity index (χ4n) is 2.40. The number of carbonyl (C=O) groups excluding carboxylic acids is 1. The molecule has 26 heavy (non-hydrogen) atoms. The van der Waals surface area contributed by atoms with E-state index in [9.17, 15) is 28.1 Å². The van der Waals surface area contributed by atoms with Crippen LogP contribution < -0.4 is 0 Å².